The maximum Gasteiger partial charge on any atom is 0.256 e. The van der Waals surface area contributed by atoms with Crippen LogP contribution in [-0.4, -0.2) is 33.9 Å². The van der Waals surface area contributed by atoms with Crippen molar-refractivity contribution < 1.29 is 4.79 Å². The van der Waals surface area contributed by atoms with Crippen LogP contribution in [0.1, 0.15) is 30.1 Å². The van der Waals surface area contributed by atoms with Gasteiger partial charge >= 0.3 is 0 Å². The molecule has 0 aliphatic heterocycles. The average molecular weight is 281 g/mol. The SMILES string of the molecule is CC(C1CC1)N(C)C(=O)c1cnc(-c2ccccc2)nc1. The molecule has 3 rings (SSSR count). The first-order valence-electron chi connectivity index (χ1n) is 7.31. The number of hydrogen-bond acceptors (Lipinski definition) is 3. The van der Waals surface area contributed by atoms with Crippen LogP contribution >= 0.6 is 0 Å². The Hall–Kier alpha value is -2.23. The van der Waals surface area contributed by atoms with Gasteiger partial charge in [-0.3, -0.25) is 4.79 Å². The Balaban J connectivity index is 1.76. The van der Waals surface area contributed by atoms with Crippen LogP contribution in [0.4, 0.5) is 0 Å². The Morgan fingerprint density at radius 2 is 1.81 bits per heavy atom. The minimum atomic E-state index is -0.00554. The standard InChI is InChI=1S/C17H19N3O/c1-12(13-8-9-13)20(2)17(21)15-10-18-16(19-11-15)14-6-4-3-5-7-14/h3-7,10-13H,8-9H2,1-2H3. The quantitative estimate of drug-likeness (QED) is 0.865. The van der Waals surface area contributed by atoms with E-state index in [4.69, 9.17) is 0 Å². The van der Waals surface area contributed by atoms with Gasteiger partial charge in [0.2, 0.25) is 0 Å². The molecule has 1 atom stereocenters. The van der Waals surface area contributed by atoms with Crippen molar-refractivity contribution in [2.24, 2.45) is 5.92 Å². The lowest BCUT2D eigenvalue weighted by Gasteiger charge is -2.24. The molecule has 1 heterocycles. The summed E-state index contributed by atoms with van der Waals surface area (Å²) < 4.78 is 0. The monoisotopic (exact) mass is 281 g/mol. The van der Waals surface area contributed by atoms with Crippen LogP contribution in [-0.2, 0) is 0 Å². The Morgan fingerprint density at radius 1 is 1.19 bits per heavy atom. The van der Waals surface area contributed by atoms with Gasteiger partial charge in [0.1, 0.15) is 0 Å². The number of carbonyl (C=O) groups excluding carboxylic acids is 1. The second-order valence-electron chi connectivity index (χ2n) is 5.66. The lowest BCUT2D eigenvalue weighted by Crippen LogP contribution is -2.36. The molecule has 2 aromatic rings. The van der Waals surface area contributed by atoms with Crippen molar-refractivity contribution in [3.05, 3.63) is 48.3 Å². The Morgan fingerprint density at radius 3 is 2.38 bits per heavy atom. The smallest absolute Gasteiger partial charge is 0.256 e. The summed E-state index contributed by atoms with van der Waals surface area (Å²) in [7, 11) is 1.86. The van der Waals surface area contributed by atoms with E-state index in [1.165, 1.54) is 12.8 Å². The van der Waals surface area contributed by atoms with Crippen molar-refractivity contribution in [3.8, 4) is 11.4 Å². The van der Waals surface area contributed by atoms with E-state index < -0.39 is 0 Å². The lowest BCUT2D eigenvalue weighted by molar-refractivity contribution is 0.0726. The zero-order chi connectivity index (χ0) is 14.8. The van der Waals surface area contributed by atoms with Gasteiger partial charge in [0.05, 0.1) is 5.56 Å². The topological polar surface area (TPSA) is 46.1 Å². The van der Waals surface area contributed by atoms with Crippen molar-refractivity contribution >= 4 is 5.91 Å². The summed E-state index contributed by atoms with van der Waals surface area (Å²) in [5.74, 6) is 1.29. The molecule has 0 N–H and O–H groups in total. The molecule has 1 aliphatic rings. The first-order valence-corrected chi connectivity index (χ1v) is 7.31. The van der Waals surface area contributed by atoms with Crippen molar-refractivity contribution in [3.63, 3.8) is 0 Å². The summed E-state index contributed by atoms with van der Waals surface area (Å²) in [5, 5.41) is 0. The van der Waals surface area contributed by atoms with Gasteiger partial charge in [-0.15, -0.1) is 0 Å². The first kappa shape index (κ1) is 13.7. The summed E-state index contributed by atoms with van der Waals surface area (Å²) >= 11 is 0. The van der Waals surface area contributed by atoms with Crippen LogP contribution < -0.4 is 0 Å². The van der Waals surface area contributed by atoms with E-state index in [9.17, 15) is 4.79 Å². The van der Waals surface area contributed by atoms with Gasteiger partial charge in [-0.05, 0) is 25.7 Å². The fourth-order valence-corrected chi connectivity index (χ4v) is 2.46. The molecule has 21 heavy (non-hydrogen) atoms. The summed E-state index contributed by atoms with van der Waals surface area (Å²) in [6, 6.07) is 10.0. The fraction of sp³-hybridized carbons (Fsp3) is 0.353. The van der Waals surface area contributed by atoms with E-state index in [1.54, 1.807) is 17.3 Å². The van der Waals surface area contributed by atoms with Gasteiger partial charge in [-0.1, -0.05) is 30.3 Å². The summed E-state index contributed by atoms with van der Waals surface area (Å²) in [6.07, 6.45) is 5.69. The summed E-state index contributed by atoms with van der Waals surface area (Å²) in [4.78, 5) is 22.8. The zero-order valence-electron chi connectivity index (χ0n) is 12.4. The number of hydrogen-bond donors (Lipinski definition) is 0. The van der Waals surface area contributed by atoms with Gasteiger partial charge in [-0.25, -0.2) is 9.97 Å². The second kappa shape index (κ2) is 5.64. The largest absolute Gasteiger partial charge is 0.339 e. The molecule has 1 fully saturated rings. The average Bonchev–Trinajstić information content (AvgIpc) is 3.39. The van der Waals surface area contributed by atoms with E-state index in [0.29, 0.717) is 17.3 Å². The van der Waals surface area contributed by atoms with Crippen LogP contribution in [0.25, 0.3) is 11.4 Å². The molecule has 0 spiro atoms. The second-order valence-corrected chi connectivity index (χ2v) is 5.66. The molecule has 1 aliphatic carbocycles. The fourth-order valence-electron chi connectivity index (χ4n) is 2.46. The van der Waals surface area contributed by atoms with Gasteiger partial charge in [0.15, 0.2) is 5.82 Å². The molecule has 1 aromatic heterocycles. The summed E-state index contributed by atoms with van der Waals surface area (Å²) in [6.45, 7) is 2.11. The molecule has 1 amide bonds. The number of aromatic nitrogens is 2. The Kier molecular flexibility index (Phi) is 3.69. The van der Waals surface area contributed by atoms with Crippen molar-refractivity contribution in [2.75, 3.05) is 7.05 Å². The van der Waals surface area contributed by atoms with E-state index in [1.807, 2.05) is 37.4 Å². The predicted molar refractivity (Wildman–Crippen MR) is 81.7 cm³/mol. The molecular weight excluding hydrogens is 262 g/mol. The zero-order valence-corrected chi connectivity index (χ0v) is 12.4. The minimum Gasteiger partial charge on any atom is -0.339 e. The highest BCUT2D eigenvalue weighted by Gasteiger charge is 2.32. The molecule has 1 aromatic carbocycles. The maximum absolute atomic E-state index is 12.4. The maximum atomic E-state index is 12.4. The third-order valence-electron chi connectivity index (χ3n) is 4.17. The third-order valence-corrected chi connectivity index (χ3v) is 4.17. The van der Waals surface area contributed by atoms with Crippen molar-refractivity contribution in [1.82, 2.24) is 14.9 Å². The third kappa shape index (κ3) is 2.94. The number of nitrogens with zero attached hydrogens (tertiary/aromatic N) is 3. The molecule has 4 nitrogen and oxygen atoms in total. The number of carbonyl (C=O) groups is 1. The minimum absolute atomic E-state index is 0.00554. The lowest BCUT2D eigenvalue weighted by atomic mass is 10.1. The van der Waals surface area contributed by atoms with Crippen LogP contribution in [0.15, 0.2) is 42.7 Å². The van der Waals surface area contributed by atoms with Crippen LogP contribution in [0.2, 0.25) is 0 Å². The van der Waals surface area contributed by atoms with E-state index in [-0.39, 0.29) is 11.9 Å². The summed E-state index contributed by atoms with van der Waals surface area (Å²) in [5.41, 5.74) is 1.50. The van der Waals surface area contributed by atoms with Crippen LogP contribution in [0, 0.1) is 5.92 Å². The van der Waals surface area contributed by atoms with Gasteiger partial charge in [-0.2, -0.15) is 0 Å². The number of benzene rings is 1. The highest BCUT2D eigenvalue weighted by molar-refractivity contribution is 5.93. The van der Waals surface area contributed by atoms with Crippen molar-refractivity contribution in [2.45, 2.75) is 25.8 Å². The molecule has 1 unspecified atom stereocenters. The highest BCUT2D eigenvalue weighted by atomic mass is 16.2. The Labute approximate surface area is 124 Å². The Bertz CT molecular complexity index is 620. The van der Waals surface area contributed by atoms with Gasteiger partial charge in [0, 0.05) is 31.0 Å². The first-order chi connectivity index (χ1) is 10.2. The van der Waals surface area contributed by atoms with Gasteiger partial charge in [0.25, 0.3) is 5.91 Å². The molecule has 0 radical (unpaired) electrons. The van der Waals surface area contributed by atoms with E-state index in [2.05, 4.69) is 16.9 Å². The predicted octanol–water partition coefficient (Wildman–Crippen LogP) is 3.01. The number of amides is 1. The molecular formula is C17H19N3O. The molecule has 4 heteroatoms. The highest BCUT2D eigenvalue weighted by Crippen LogP contribution is 2.35. The van der Waals surface area contributed by atoms with Gasteiger partial charge < -0.3 is 4.90 Å². The van der Waals surface area contributed by atoms with Crippen LogP contribution in [0.5, 0.6) is 0 Å². The molecule has 1 saturated carbocycles. The van der Waals surface area contributed by atoms with Crippen molar-refractivity contribution in [1.29, 1.82) is 0 Å². The normalized spacial score (nSPS) is 15.5. The molecule has 0 bridgehead atoms. The van der Waals surface area contributed by atoms with E-state index in [0.717, 1.165) is 5.56 Å². The molecule has 0 saturated heterocycles. The van der Waals surface area contributed by atoms with E-state index >= 15 is 0 Å². The number of rotatable bonds is 4. The molecule has 108 valence electrons. The van der Waals surface area contributed by atoms with Crippen LogP contribution in [0.3, 0.4) is 0 Å².